The van der Waals surface area contributed by atoms with Gasteiger partial charge in [0.1, 0.15) is 5.76 Å². The SMILES string of the molecule is NCC(SC1COC1)c1ccco1. The molecule has 0 aromatic carbocycles. The van der Waals surface area contributed by atoms with Crippen LogP contribution in [0.3, 0.4) is 0 Å². The van der Waals surface area contributed by atoms with Gasteiger partial charge >= 0.3 is 0 Å². The fourth-order valence-corrected chi connectivity index (χ4v) is 2.43. The molecule has 0 radical (unpaired) electrons. The first-order valence-electron chi connectivity index (χ1n) is 4.37. The zero-order valence-corrected chi connectivity index (χ0v) is 8.13. The summed E-state index contributed by atoms with van der Waals surface area (Å²) in [5.74, 6) is 0.972. The lowest BCUT2D eigenvalue weighted by Gasteiger charge is -2.28. The van der Waals surface area contributed by atoms with Crippen molar-refractivity contribution in [2.75, 3.05) is 19.8 Å². The number of ether oxygens (including phenoxy) is 1. The van der Waals surface area contributed by atoms with Crippen LogP contribution in [0.25, 0.3) is 0 Å². The molecule has 2 heterocycles. The lowest BCUT2D eigenvalue weighted by Crippen LogP contribution is -2.32. The van der Waals surface area contributed by atoms with Gasteiger partial charge in [0.25, 0.3) is 0 Å². The first-order valence-corrected chi connectivity index (χ1v) is 5.31. The minimum atomic E-state index is 0.281. The smallest absolute Gasteiger partial charge is 0.118 e. The zero-order chi connectivity index (χ0) is 9.10. The minimum absolute atomic E-state index is 0.281. The fraction of sp³-hybridized carbons (Fsp3) is 0.556. The number of hydrogen-bond acceptors (Lipinski definition) is 4. The summed E-state index contributed by atoms with van der Waals surface area (Å²) in [6.45, 7) is 2.32. The Balaban J connectivity index is 1.92. The molecular formula is C9H13NO2S. The Hall–Kier alpha value is -0.450. The Bertz CT molecular complexity index is 246. The molecule has 1 fully saturated rings. The number of furan rings is 1. The average molecular weight is 199 g/mol. The number of rotatable bonds is 4. The van der Waals surface area contributed by atoms with Crippen LogP contribution in [-0.2, 0) is 4.74 Å². The first kappa shape index (κ1) is 9.12. The second kappa shape index (κ2) is 4.17. The van der Waals surface area contributed by atoms with Crippen LogP contribution >= 0.6 is 11.8 Å². The van der Waals surface area contributed by atoms with Gasteiger partial charge in [0, 0.05) is 6.54 Å². The van der Waals surface area contributed by atoms with Gasteiger partial charge in [0.2, 0.25) is 0 Å². The third-order valence-corrected chi connectivity index (χ3v) is 3.45. The third-order valence-electron chi connectivity index (χ3n) is 2.04. The normalized spacial score (nSPS) is 19.8. The number of hydrogen-bond donors (Lipinski definition) is 1. The van der Waals surface area contributed by atoms with Gasteiger partial charge in [-0.05, 0) is 12.1 Å². The van der Waals surface area contributed by atoms with Crippen molar-refractivity contribution in [3.05, 3.63) is 24.2 Å². The quantitative estimate of drug-likeness (QED) is 0.796. The maximum atomic E-state index is 5.67. The van der Waals surface area contributed by atoms with Gasteiger partial charge in [-0.25, -0.2) is 0 Å². The molecule has 72 valence electrons. The molecule has 13 heavy (non-hydrogen) atoms. The highest BCUT2D eigenvalue weighted by Gasteiger charge is 2.24. The van der Waals surface area contributed by atoms with Crippen molar-refractivity contribution in [3.63, 3.8) is 0 Å². The maximum absolute atomic E-state index is 5.67. The highest BCUT2D eigenvalue weighted by Crippen LogP contribution is 2.34. The van der Waals surface area contributed by atoms with Crippen molar-refractivity contribution in [1.82, 2.24) is 0 Å². The summed E-state index contributed by atoms with van der Waals surface area (Å²) < 4.78 is 10.4. The van der Waals surface area contributed by atoms with Crippen LogP contribution in [0.4, 0.5) is 0 Å². The van der Waals surface area contributed by atoms with Crippen molar-refractivity contribution in [3.8, 4) is 0 Å². The Labute approximate surface area is 81.6 Å². The van der Waals surface area contributed by atoms with E-state index in [0.29, 0.717) is 11.8 Å². The van der Waals surface area contributed by atoms with Gasteiger partial charge < -0.3 is 14.9 Å². The topological polar surface area (TPSA) is 48.4 Å². The van der Waals surface area contributed by atoms with Gasteiger partial charge in [0.15, 0.2) is 0 Å². The van der Waals surface area contributed by atoms with Crippen LogP contribution in [-0.4, -0.2) is 25.0 Å². The van der Waals surface area contributed by atoms with Crippen LogP contribution in [0.15, 0.2) is 22.8 Å². The van der Waals surface area contributed by atoms with Crippen molar-refractivity contribution in [2.45, 2.75) is 10.5 Å². The molecule has 1 atom stereocenters. The standard InChI is InChI=1S/C9H13NO2S/c10-4-9(8-2-1-3-12-8)13-7-5-11-6-7/h1-3,7,9H,4-6,10H2. The summed E-state index contributed by atoms with van der Waals surface area (Å²) in [6.07, 6.45) is 1.69. The van der Waals surface area contributed by atoms with E-state index in [9.17, 15) is 0 Å². The van der Waals surface area contributed by atoms with E-state index in [4.69, 9.17) is 14.9 Å². The van der Waals surface area contributed by atoms with Crippen molar-refractivity contribution in [2.24, 2.45) is 5.73 Å². The predicted molar refractivity (Wildman–Crippen MR) is 52.7 cm³/mol. The Kier molecular flexibility index (Phi) is 2.93. The monoisotopic (exact) mass is 199 g/mol. The lowest BCUT2D eigenvalue weighted by atomic mass is 10.3. The fourth-order valence-electron chi connectivity index (χ4n) is 1.24. The molecule has 4 heteroatoms. The largest absolute Gasteiger partial charge is 0.468 e. The molecule has 2 N–H and O–H groups in total. The molecule has 2 rings (SSSR count). The molecule has 1 aromatic heterocycles. The molecule has 1 saturated heterocycles. The van der Waals surface area contributed by atoms with Gasteiger partial charge in [0.05, 0.1) is 30.0 Å². The first-order chi connectivity index (χ1) is 6.40. The summed E-state index contributed by atoms with van der Waals surface area (Å²) in [7, 11) is 0. The van der Waals surface area contributed by atoms with E-state index in [1.807, 2.05) is 23.9 Å². The molecule has 1 unspecified atom stereocenters. The summed E-state index contributed by atoms with van der Waals surface area (Å²) in [4.78, 5) is 0. The van der Waals surface area contributed by atoms with Gasteiger partial charge in [-0.15, -0.1) is 11.8 Å². The number of nitrogens with two attached hydrogens (primary N) is 1. The molecule has 3 nitrogen and oxygen atoms in total. The maximum Gasteiger partial charge on any atom is 0.118 e. The molecule has 1 aliphatic rings. The van der Waals surface area contributed by atoms with Crippen LogP contribution in [0, 0.1) is 0 Å². The van der Waals surface area contributed by atoms with E-state index in [0.717, 1.165) is 19.0 Å². The average Bonchev–Trinajstić information content (AvgIpc) is 2.55. The van der Waals surface area contributed by atoms with Crippen LogP contribution in [0.2, 0.25) is 0 Å². The van der Waals surface area contributed by atoms with Crippen LogP contribution in [0.5, 0.6) is 0 Å². The van der Waals surface area contributed by atoms with E-state index >= 15 is 0 Å². The third kappa shape index (κ3) is 2.07. The molecule has 0 saturated carbocycles. The molecule has 0 amide bonds. The highest BCUT2D eigenvalue weighted by molar-refractivity contribution is 8.00. The van der Waals surface area contributed by atoms with E-state index in [1.54, 1.807) is 6.26 Å². The van der Waals surface area contributed by atoms with E-state index in [-0.39, 0.29) is 5.25 Å². The van der Waals surface area contributed by atoms with Crippen molar-refractivity contribution >= 4 is 11.8 Å². The molecular weight excluding hydrogens is 186 g/mol. The highest BCUT2D eigenvalue weighted by atomic mass is 32.2. The summed E-state index contributed by atoms with van der Waals surface area (Å²) in [5, 5.41) is 0.877. The molecule has 1 aliphatic heterocycles. The molecule has 0 spiro atoms. The van der Waals surface area contributed by atoms with Crippen LogP contribution < -0.4 is 5.73 Å². The zero-order valence-electron chi connectivity index (χ0n) is 7.31. The van der Waals surface area contributed by atoms with E-state index in [1.165, 1.54) is 0 Å². The van der Waals surface area contributed by atoms with E-state index < -0.39 is 0 Å². The molecule has 0 aliphatic carbocycles. The Morgan fingerprint density at radius 3 is 2.92 bits per heavy atom. The lowest BCUT2D eigenvalue weighted by molar-refractivity contribution is 0.0452. The Morgan fingerprint density at radius 1 is 1.62 bits per heavy atom. The second-order valence-electron chi connectivity index (χ2n) is 3.04. The summed E-state index contributed by atoms with van der Waals surface area (Å²) >= 11 is 1.85. The predicted octanol–water partition coefficient (Wildman–Crippen LogP) is 1.41. The summed E-state index contributed by atoms with van der Waals surface area (Å²) in [6, 6.07) is 3.87. The van der Waals surface area contributed by atoms with E-state index in [2.05, 4.69) is 0 Å². The van der Waals surface area contributed by atoms with Gasteiger partial charge in [-0.3, -0.25) is 0 Å². The summed E-state index contributed by atoms with van der Waals surface area (Å²) in [5.41, 5.74) is 5.67. The molecule has 1 aromatic rings. The number of thioether (sulfide) groups is 1. The van der Waals surface area contributed by atoms with Gasteiger partial charge in [-0.1, -0.05) is 0 Å². The second-order valence-corrected chi connectivity index (χ2v) is 4.54. The minimum Gasteiger partial charge on any atom is -0.468 e. The van der Waals surface area contributed by atoms with Crippen molar-refractivity contribution < 1.29 is 9.15 Å². The Morgan fingerprint density at radius 2 is 2.46 bits per heavy atom. The molecule has 0 bridgehead atoms. The van der Waals surface area contributed by atoms with Gasteiger partial charge in [-0.2, -0.15) is 0 Å². The van der Waals surface area contributed by atoms with Crippen LogP contribution in [0.1, 0.15) is 11.0 Å². The van der Waals surface area contributed by atoms with Crippen molar-refractivity contribution in [1.29, 1.82) is 0 Å².